The van der Waals surface area contributed by atoms with E-state index in [0.29, 0.717) is 12.2 Å². The number of benzene rings is 2. The van der Waals surface area contributed by atoms with Gasteiger partial charge in [0.1, 0.15) is 11.9 Å². The van der Waals surface area contributed by atoms with E-state index in [-0.39, 0.29) is 6.10 Å². The second kappa shape index (κ2) is 12.4. The SMILES string of the molecule is CN(C)CCC(Oc1ccc(C(F)(F)F)cc1)c1ccc(C#CCCN2CCSCC2)cc1. The van der Waals surface area contributed by atoms with Crippen molar-refractivity contribution in [2.24, 2.45) is 0 Å². The molecule has 7 heteroatoms. The van der Waals surface area contributed by atoms with E-state index in [9.17, 15) is 13.2 Å². The number of alkyl halides is 3. The van der Waals surface area contributed by atoms with Crippen molar-refractivity contribution in [3.63, 3.8) is 0 Å². The molecule has 178 valence electrons. The molecular formula is C26H31F3N2OS. The molecule has 0 saturated carbocycles. The van der Waals surface area contributed by atoms with Crippen LogP contribution in [0.3, 0.4) is 0 Å². The van der Waals surface area contributed by atoms with Gasteiger partial charge in [-0.25, -0.2) is 0 Å². The number of ether oxygens (including phenoxy) is 1. The Bertz CT molecular complexity index is 912. The van der Waals surface area contributed by atoms with Gasteiger partial charge in [-0.05, 0) is 56.1 Å². The molecule has 2 aromatic rings. The summed E-state index contributed by atoms with van der Waals surface area (Å²) in [6.07, 6.45) is -3.04. The van der Waals surface area contributed by atoms with Crippen LogP contribution in [0, 0.1) is 11.8 Å². The molecule has 1 unspecified atom stereocenters. The Kier molecular flexibility index (Phi) is 9.54. The lowest BCUT2D eigenvalue weighted by Crippen LogP contribution is -2.33. The molecule has 0 N–H and O–H groups in total. The summed E-state index contributed by atoms with van der Waals surface area (Å²) in [5, 5.41) is 0. The maximum Gasteiger partial charge on any atom is 0.416 e. The molecule has 3 rings (SSSR count). The van der Waals surface area contributed by atoms with Crippen LogP contribution in [0.4, 0.5) is 13.2 Å². The Morgan fingerprint density at radius 2 is 1.70 bits per heavy atom. The van der Waals surface area contributed by atoms with Crippen LogP contribution in [-0.2, 0) is 6.18 Å². The van der Waals surface area contributed by atoms with Gasteiger partial charge in [0.2, 0.25) is 0 Å². The third-order valence-electron chi connectivity index (χ3n) is 5.47. The largest absolute Gasteiger partial charge is 0.486 e. The highest BCUT2D eigenvalue weighted by atomic mass is 32.2. The molecule has 1 heterocycles. The second-order valence-corrected chi connectivity index (χ2v) is 9.57. The number of rotatable bonds is 8. The van der Waals surface area contributed by atoms with Gasteiger partial charge < -0.3 is 14.5 Å². The summed E-state index contributed by atoms with van der Waals surface area (Å²) in [7, 11) is 3.97. The standard InChI is InChI=1S/C26H31F3N2OS/c1-30(2)16-14-25(32-24-12-10-23(11-13-24)26(27,28)29)22-8-6-21(7-9-22)5-3-4-15-31-17-19-33-20-18-31/h6-13,25H,4,14-20H2,1-2H3. The maximum absolute atomic E-state index is 12.8. The van der Waals surface area contributed by atoms with E-state index in [1.54, 1.807) is 0 Å². The third kappa shape index (κ3) is 8.62. The number of thioether (sulfide) groups is 1. The maximum atomic E-state index is 12.8. The van der Waals surface area contributed by atoms with Crippen LogP contribution in [0.25, 0.3) is 0 Å². The van der Waals surface area contributed by atoms with E-state index in [4.69, 9.17) is 4.74 Å². The summed E-state index contributed by atoms with van der Waals surface area (Å²) in [4.78, 5) is 4.52. The third-order valence-corrected chi connectivity index (χ3v) is 6.41. The molecule has 2 aromatic carbocycles. The number of hydrogen-bond donors (Lipinski definition) is 0. The monoisotopic (exact) mass is 476 g/mol. The van der Waals surface area contributed by atoms with Gasteiger partial charge in [0.15, 0.2) is 0 Å². The first-order chi connectivity index (χ1) is 15.8. The minimum absolute atomic E-state index is 0.261. The van der Waals surface area contributed by atoms with E-state index in [2.05, 4.69) is 21.6 Å². The fourth-order valence-corrected chi connectivity index (χ4v) is 4.52. The topological polar surface area (TPSA) is 15.7 Å². The molecule has 0 aromatic heterocycles. The molecule has 1 saturated heterocycles. The Morgan fingerprint density at radius 3 is 2.30 bits per heavy atom. The van der Waals surface area contributed by atoms with Crippen LogP contribution < -0.4 is 4.74 Å². The van der Waals surface area contributed by atoms with E-state index < -0.39 is 11.7 Å². The van der Waals surface area contributed by atoms with Gasteiger partial charge in [0, 0.05) is 56.1 Å². The zero-order valence-electron chi connectivity index (χ0n) is 19.2. The van der Waals surface area contributed by atoms with Crippen molar-refractivity contribution < 1.29 is 17.9 Å². The van der Waals surface area contributed by atoms with Crippen LogP contribution in [0.2, 0.25) is 0 Å². The lowest BCUT2D eigenvalue weighted by atomic mass is 10.0. The molecule has 1 atom stereocenters. The highest BCUT2D eigenvalue weighted by Gasteiger charge is 2.30. The van der Waals surface area contributed by atoms with Crippen LogP contribution >= 0.6 is 11.8 Å². The van der Waals surface area contributed by atoms with E-state index in [0.717, 1.165) is 55.9 Å². The summed E-state index contributed by atoms with van der Waals surface area (Å²) in [5.74, 6) is 9.34. The second-order valence-electron chi connectivity index (χ2n) is 8.35. The fraction of sp³-hybridized carbons (Fsp3) is 0.462. The molecule has 1 aliphatic rings. The van der Waals surface area contributed by atoms with Crippen LogP contribution in [0.15, 0.2) is 48.5 Å². The van der Waals surface area contributed by atoms with Crippen LogP contribution in [-0.4, -0.2) is 61.6 Å². The zero-order valence-corrected chi connectivity index (χ0v) is 20.0. The first-order valence-electron chi connectivity index (χ1n) is 11.2. The molecule has 0 spiro atoms. The normalized spacial score (nSPS) is 15.7. The van der Waals surface area contributed by atoms with Gasteiger partial charge in [0.25, 0.3) is 0 Å². The van der Waals surface area contributed by atoms with Gasteiger partial charge in [-0.15, -0.1) is 0 Å². The van der Waals surface area contributed by atoms with E-state index in [1.165, 1.54) is 23.6 Å². The minimum atomic E-state index is -4.35. The highest BCUT2D eigenvalue weighted by Crippen LogP contribution is 2.32. The molecule has 1 fully saturated rings. The summed E-state index contributed by atoms with van der Waals surface area (Å²) in [5.41, 5.74) is 1.25. The quantitative estimate of drug-likeness (QED) is 0.463. The smallest absolute Gasteiger partial charge is 0.416 e. The average Bonchev–Trinajstić information content (AvgIpc) is 2.80. The molecule has 0 amide bonds. The lowest BCUT2D eigenvalue weighted by Gasteiger charge is -2.24. The fourth-order valence-electron chi connectivity index (χ4n) is 3.54. The lowest BCUT2D eigenvalue weighted by molar-refractivity contribution is -0.137. The van der Waals surface area contributed by atoms with E-state index >= 15 is 0 Å². The molecule has 33 heavy (non-hydrogen) atoms. The molecule has 0 aliphatic carbocycles. The zero-order chi connectivity index (χ0) is 23.7. The minimum Gasteiger partial charge on any atom is -0.486 e. The molecular weight excluding hydrogens is 445 g/mol. The Morgan fingerprint density at radius 1 is 1.03 bits per heavy atom. The number of nitrogens with zero attached hydrogens (tertiary/aromatic N) is 2. The molecule has 0 bridgehead atoms. The highest BCUT2D eigenvalue weighted by molar-refractivity contribution is 7.99. The van der Waals surface area contributed by atoms with Crippen LogP contribution in [0.5, 0.6) is 5.75 Å². The predicted octanol–water partition coefficient (Wildman–Crippen LogP) is 5.57. The first-order valence-corrected chi connectivity index (χ1v) is 12.3. The van der Waals surface area contributed by atoms with Crippen molar-refractivity contribution in [3.05, 3.63) is 65.2 Å². The molecule has 0 radical (unpaired) electrons. The first kappa shape index (κ1) is 25.5. The summed E-state index contributed by atoms with van der Waals surface area (Å²) >= 11 is 2.01. The van der Waals surface area contributed by atoms with Crippen molar-refractivity contribution >= 4 is 11.8 Å². The average molecular weight is 477 g/mol. The van der Waals surface area contributed by atoms with Crippen molar-refractivity contribution in [3.8, 4) is 17.6 Å². The van der Waals surface area contributed by atoms with Crippen LogP contribution in [0.1, 0.15) is 35.6 Å². The van der Waals surface area contributed by atoms with E-state index in [1.807, 2.05) is 50.1 Å². The molecule has 3 nitrogen and oxygen atoms in total. The van der Waals surface area contributed by atoms with Crippen molar-refractivity contribution in [2.75, 3.05) is 51.8 Å². The summed E-state index contributed by atoms with van der Waals surface area (Å²) in [6, 6.07) is 12.8. The Hall–Kier alpha value is -2.14. The summed E-state index contributed by atoms with van der Waals surface area (Å²) in [6.45, 7) is 4.10. The van der Waals surface area contributed by atoms with Gasteiger partial charge in [0.05, 0.1) is 5.56 Å². The van der Waals surface area contributed by atoms with Crippen molar-refractivity contribution in [2.45, 2.75) is 25.1 Å². The van der Waals surface area contributed by atoms with Gasteiger partial charge in [-0.1, -0.05) is 24.0 Å². The van der Waals surface area contributed by atoms with Gasteiger partial charge >= 0.3 is 6.18 Å². The summed E-state index contributed by atoms with van der Waals surface area (Å²) < 4.78 is 44.6. The van der Waals surface area contributed by atoms with Crippen molar-refractivity contribution in [1.29, 1.82) is 0 Å². The number of halogens is 3. The van der Waals surface area contributed by atoms with Gasteiger partial charge in [-0.3, -0.25) is 0 Å². The predicted molar refractivity (Wildman–Crippen MR) is 130 cm³/mol. The van der Waals surface area contributed by atoms with Crippen molar-refractivity contribution in [1.82, 2.24) is 9.80 Å². The van der Waals surface area contributed by atoms with Gasteiger partial charge in [-0.2, -0.15) is 24.9 Å². The number of hydrogen-bond acceptors (Lipinski definition) is 4. The Balaban J connectivity index is 1.62. The molecule has 1 aliphatic heterocycles. The Labute approximate surface area is 199 Å².